The van der Waals surface area contributed by atoms with Gasteiger partial charge in [-0.1, -0.05) is 0 Å². The summed E-state index contributed by atoms with van der Waals surface area (Å²) in [6, 6.07) is 5.57. The Hall–Kier alpha value is -2.04. The molecule has 0 aliphatic rings. The Balaban J connectivity index is 2.52. The van der Waals surface area contributed by atoms with Crippen LogP contribution < -0.4 is 10.5 Å². The lowest BCUT2D eigenvalue weighted by atomic mass is 10.2. The zero-order valence-electron chi connectivity index (χ0n) is 9.56. The number of benzene rings is 1. The normalized spacial score (nSPS) is 10.4. The summed E-state index contributed by atoms with van der Waals surface area (Å²) < 4.78 is 6.91. The van der Waals surface area contributed by atoms with Gasteiger partial charge in [-0.3, -0.25) is 0 Å². The molecule has 0 amide bonds. The summed E-state index contributed by atoms with van der Waals surface area (Å²) in [4.78, 5) is 4.34. The first-order chi connectivity index (χ1) is 7.61. The Morgan fingerprint density at radius 3 is 2.69 bits per heavy atom. The van der Waals surface area contributed by atoms with E-state index in [0.717, 1.165) is 17.2 Å². The molecule has 0 saturated carbocycles. The van der Waals surface area contributed by atoms with Gasteiger partial charge in [0.25, 0.3) is 0 Å². The summed E-state index contributed by atoms with van der Waals surface area (Å²) in [5, 5.41) is 4.20. The molecule has 1 aromatic heterocycles. The molecule has 0 atom stereocenters. The lowest BCUT2D eigenvalue weighted by Crippen LogP contribution is -1.97. The van der Waals surface area contributed by atoms with Gasteiger partial charge in [-0.15, -0.1) is 0 Å². The summed E-state index contributed by atoms with van der Waals surface area (Å²) in [6.45, 7) is 1.86. The second-order valence-corrected chi connectivity index (χ2v) is 3.56. The van der Waals surface area contributed by atoms with Crippen LogP contribution in [0.15, 0.2) is 18.2 Å². The van der Waals surface area contributed by atoms with Gasteiger partial charge in [0, 0.05) is 12.6 Å². The highest BCUT2D eigenvalue weighted by molar-refractivity contribution is 5.65. The predicted molar refractivity (Wildman–Crippen MR) is 62.1 cm³/mol. The van der Waals surface area contributed by atoms with Crippen LogP contribution in [0.5, 0.6) is 5.75 Å². The zero-order chi connectivity index (χ0) is 11.7. The molecule has 0 aliphatic carbocycles. The largest absolute Gasteiger partial charge is 0.495 e. The molecule has 0 saturated heterocycles. The molecule has 1 aromatic carbocycles. The first-order valence-electron chi connectivity index (χ1n) is 4.93. The summed E-state index contributed by atoms with van der Waals surface area (Å²) in [6.07, 6.45) is 0. The van der Waals surface area contributed by atoms with Crippen LogP contribution in [0.4, 0.5) is 5.69 Å². The minimum atomic E-state index is 0.616. The number of aryl methyl sites for hydroxylation is 2. The van der Waals surface area contributed by atoms with Gasteiger partial charge in [-0.2, -0.15) is 5.10 Å². The molecule has 2 aromatic rings. The predicted octanol–water partition coefficient (Wildman–Crippen LogP) is 1.38. The smallest absolute Gasteiger partial charge is 0.158 e. The first-order valence-corrected chi connectivity index (χ1v) is 4.93. The van der Waals surface area contributed by atoms with Crippen molar-refractivity contribution >= 4 is 5.69 Å². The van der Waals surface area contributed by atoms with Crippen LogP contribution in [0.3, 0.4) is 0 Å². The van der Waals surface area contributed by atoms with Crippen LogP contribution in [0.2, 0.25) is 0 Å². The van der Waals surface area contributed by atoms with Gasteiger partial charge in [0.1, 0.15) is 11.6 Å². The summed E-state index contributed by atoms with van der Waals surface area (Å²) >= 11 is 0. The van der Waals surface area contributed by atoms with Crippen molar-refractivity contribution < 1.29 is 4.74 Å². The summed E-state index contributed by atoms with van der Waals surface area (Å²) in [7, 11) is 3.45. The van der Waals surface area contributed by atoms with E-state index < -0.39 is 0 Å². The molecule has 84 valence electrons. The zero-order valence-corrected chi connectivity index (χ0v) is 9.56. The molecule has 0 spiro atoms. The average molecular weight is 218 g/mol. The minimum Gasteiger partial charge on any atom is -0.495 e. The highest BCUT2D eigenvalue weighted by Crippen LogP contribution is 2.27. The van der Waals surface area contributed by atoms with Gasteiger partial charge < -0.3 is 10.5 Å². The number of nitrogen functional groups attached to an aromatic ring is 1. The number of hydrogen-bond acceptors (Lipinski definition) is 4. The Morgan fingerprint density at radius 1 is 1.38 bits per heavy atom. The maximum Gasteiger partial charge on any atom is 0.158 e. The van der Waals surface area contributed by atoms with Crippen molar-refractivity contribution in [3.8, 4) is 17.1 Å². The van der Waals surface area contributed by atoms with E-state index in [-0.39, 0.29) is 0 Å². The van der Waals surface area contributed by atoms with Crippen molar-refractivity contribution in [2.24, 2.45) is 7.05 Å². The van der Waals surface area contributed by atoms with Crippen LogP contribution in [-0.2, 0) is 7.05 Å². The van der Waals surface area contributed by atoms with E-state index in [0.29, 0.717) is 11.4 Å². The lowest BCUT2D eigenvalue weighted by molar-refractivity contribution is 0.417. The molecule has 1 heterocycles. The van der Waals surface area contributed by atoms with Gasteiger partial charge >= 0.3 is 0 Å². The van der Waals surface area contributed by atoms with Gasteiger partial charge in [0.05, 0.1) is 12.8 Å². The van der Waals surface area contributed by atoms with Gasteiger partial charge in [-0.25, -0.2) is 9.67 Å². The van der Waals surface area contributed by atoms with Crippen molar-refractivity contribution in [3.05, 3.63) is 24.0 Å². The third-order valence-electron chi connectivity index (χ3n) is 2.36. The van der Waals surface area contributed by atoms with E-state index in [1.165, 1.54) is 0 Å². The first kappa shape index (κ1) is 10.5. The maximum atomic E-state index is 5.75. The number of hydrogen-bond donors (Lipinski definition) is 1. The van der Waals surface area contributed by atoms with Crippen LogP contribution in [-0.4, -0.2) is 21.9 Å². The van der Waals surface area contributed by atoms with E-state index in [1.807, 2.05) is 26.1 Å². The van der Waals surface area contributed by atoms with Crippen molar-refractivity contribution in [2.75, 3.05) is 12.8 Å². The SMILES string of the molecule is COc1cc(-c2nc(C)nn2C)ccc1N. The van der Waals surface area contributed by atoms with Crippen molar-refractivity contribution in [3.63, 3.8) is 0 Å². The number of nitrogens with two attached hydrogens (primary N) is 1. The quantitative estimate of drug-likeness (QED) is 0.773. The lowest BCUT2D eigenvalue weighted by Gasteiger charge is -2.06. The fourth-order valence-corrected chi connectivity index (χ4v) is 1.61. The monoisotopic (exact) mass is 218 g/mol. The van der Waals surface area contributed by atoms with E-state index in [2.05, 4.69) is 10.1 Å². The van der Waals surface area contributed by atoms with E-state index in [9.17, 15) is 0 Å². The second-order valence-electron chi connectivity index (χ2n) is 3.56. The molecule has 16 heavy (non-hydrogen) atoms. The maximum absolute atomic E-state index is 5.75. The number of methoxy groups -OCH3 is 1. The number of ether oxygens (including phenoxy) is 1. The Labute approximate surface area is 93.9 Å². The van der Waals surface area contributed by atoms with E-state index in [4.69, 9.17) is 10.5 Å². The number of anilines is 1. The van der Waals surface area contributed by atoms with Crippen LogP contribution in [0.1, 0.15) is 5.82 Å². The fraction of sp³-hybridized carbons (Fsp3) is 0.273. The second kappa shape index (κ2) is 3.84. The molecule has 0 aliphatic heterocycles. The topological polar surface area (TPSA) is 66.0 Å². The molecule has 0 radical (unpaired) electrons. The average Bonchev–Trinajstić information content (AvgIpc) is 2.59. The standard InChI is InChI=1S/C11H14N4O/c1-7-13-11(15(2)14-7)8-4-5-9(12)10(6-8)16-3/h4-6H,12H2,1-3H3. The minimum absolute atomic E-state index is 0.616. The molecule has 5 heteroatoms. The molecule has 5 nitrogen and oxygen atoms in total. The van der Waals surface area contributed by atoms with Crippen molar-refractivity contribution in [1.82, 2.24) is 14.8 Å². The molecule has 2 rings (SSSR count). The number of rotatable bonds is 2. The molecular formula is C11H14N4O. The van der Waals surface area contributed by atoms with Crippen LogP contribution in [0.25, 0.3) is 11.4 Å². The molecule has 2 N–H and O–H groups in total. The Kier molecular flexibility index (Phi) is 2.52. The van der Waals surface area contributed by atoms with E-state index >= 15 is 0 Å². The fourth-order valence-electron chi connectivity index (χ4n) is 1.61. The highest BCUT2D eigenvalue weighted by atomic mass is 16.5. The van der Waals surface area contributed by atoms with Gasteiger partial charge in [0.15, 0.2) is 5.82 Å². The molecule has 0 bridgehead atoms. The van der Waals surface area contributed by atoms with E-state index in [1.54, 1.807) is 17.9 Å². The van der Waals surface area contributed by atoms with Crippen molar-refractivity contribution in [1.29, 1.82) is 0 Å². The third-order valence-corrected chi connectivity index (χ3v) is 2.36. The van der Waals surface area contributed by atoms with Gasteiger partial charge in [0.2, 0.25) is 0 Å². The van der Waals surface area contributed by atoms with Gasteiger partial charge in [-0.05, 0) is 25.1 Å². The van der Waals surface area contributed by atoms with Crippen LogP contribution >= 0.6 is 0 Å². The molecule has 0 fully saturated rings. The Bertz CT molecular complexity index is 519. The number of aromatic nitrogens is 3. The molecule has 0 unspecified atom stereocenters. The number of nitrogens with zero attached hydrogens (tertiary/aromatic N) is 3. The summed E-state index contributed by atoms with van der Waals surface area (Å²) in [5.41, 5.74) is 7.31. The highest BCUT2D eigenvalue weighted by Gasteiger charge is 2.09. The Morgan fingerprint density at radius 2 is 2.12 bits per heavy atom. The molecular weight excluding hydrogens is 204 g/mol. The summed E-state index contributed by atoms with van der Waals surface area (Å²) in [5.74, 6) is 2.20. The van der Waals surface area contributed by atoms with Crippen molar-refractivity contribution in [2.45, 2.75) is 6.92 Å². The van der Waals surface area contributed by atoms with Crippen LogP contribution in [0, 0.1) is 6.92 Å². The third kappa shape index (κ3) is 1.71.